The molecule has 0 bridgehead atoms. The van der Waals surface area contributed by atoms with Crippen molar-refractivity contribution in [2.75, 3.05) is 12.4 Å². The fourth-order valence-electron chi connectivity index (χ4n) is 3.10. The van der Waals surface area contributed by atoms with Gasteiger partial charge in [-0.1, -0.05) is 0 Å². The highest BCUT2D eigenvalue weighted by Gasteiger charge is 2.14. The molecule has 2 aromatic carbocycles. The van der Waals surface area contributed by atoms with Crippen molar-refractivity contribution in [2.45, 2.75) is 13.8 Å². The lowest BCUT2D eigenvalue weighted by Gasteiger charge is -2.10. The van der Waals surface area contributed by atoms with E-state index in [9.17, 15) is 10.1 Å². The summed E-state index contributed by atoms with van der Waals surface area (Å²) >= 11 is 2.27. The van der Waals surface area contributed by atoms with E-state index in [1.165, 1.54) is 0 Å². The Balaban J connectivity index is 1.88. The minimum Gasteiger partial charge on any atom is -0.497 e. The molecule has 1 N–H and O–H groups in total. The number of aryl methyl sites for hydroxylation is 1. The molecule has 1 heterocycles. The molecule has 0 unspecified atom stereocenters. The molecule has 5 nitrogen and oxygen atoms in total. The van der Waals surface area contributed by atoms with Gasteiger partial charge < -0.3 is 14.6 Å². The molecule has 1 amide bonds. The first-order valence-electron chi connectivity index (χ1n) is 8.95. The van der Waals surface area contributed by atoms with Crippen LogP contribution >= 0.6 is 22.6 Å². The molecule has 0 atom stereocenters. The van der Waals surface area contributed by atoms with Crippen LogP contribution in [-0.4, -0.2) is 17.6 Å². The molecule has 0 spiro atoms. The fraction of sp³-hybridized carbons (Fsp3) is 0.130. The molecule has 146 valence electrons. The first-order valence-corrected chi connectivity index (χ1v) is 10.0. The molecule has 0 radical (unpaired) electrons. The van der Waals surface area contributed by atoms with Crippen LogP contribution < -0.4 is 10.1 Å². The Labute approximate surface area is 183 Å². The Morgan fingerprint density at radius 3 is 2.38 bits per heavy atom. The standard InChI is InChI=1S/C23H20IN3O2/c1-15-12-17(16(2)27(15)21-8-4-19(24)5-9-21)13-18(14-25)23(28)26-20-6-10-22(29-3)11-7-20/h4-13H,1-3H3,(H,26,28)/b18-13-. The Hall–Kier alpha value is -3.05. The summed E-state index contributed by atoms with van der Waals surface area (Å²) in [6.45, 7) is 3.99. The van der Waals surface area contributed by atoms with Crippen molar-refractivity contribution in [3.05, 3.63) is 80.7 Å². The van der Waals surface area contributed by atoms with Crippen LogP contribution in [0.3, 0.4) is 0 Å². The smallest absolute Gasteiger partial charge is 0.266 e. The minimum atomic E-state index is -0.447. The van der Waals surface area contributed by atoms with Crippen LogP contribution in [0.25, 0.3) is 11.8 Å². The number of methoxy groups -OCH3 is 1. The van der Waals surface area contributed by atoms with Gasteiger partial charge in [0.1, 0.15) is 17.4 Å². The fourth-order valence-corrected chi connectivity index (χ4v) is 3.46. The zero-order valence-electron chi connectivity index (χ0n) is 16.4. The van der Waals surface area contributed by atoms with Crippen molar-refractivity contribution >= 4 is 40.3 Å². The van der Waals surface area contributed by atoms with Gasteiger partial charge in [-0.25, -0.2) is 0 Å². The number of ether oxygens (including phenoxy) is 1. The summed E-state index contributed by atoms with van der Waals surface area (Å²) in [5.74, 6) is 0.249. The van der Waals surface area contributed by atoms with Gasteiger partial charge >= 0.3 is 0 Å². The van der Waals surface area contributed by atoms with Gasteiger partial charge in [0, 0.05) is 26.3 Å². The first-order chi connectivity index (χ1) is 13.9. The highest BCUT2D eigenvalue weighted by atomic mass is 127. The topological polar surface area (TPSA) is 67.0 Å². The third-order valence-corrected chi connectivity index (χ3v) is 5.29. The molecule has 29 heavy (non-hydrogen) atoms. The molecule has 0 saturated carbocycles. The van der Waals surface area contributed by atoms with E-state index < -0.39 is 5.91 Å². The number of nitrogens with zero attached hydrogens (tertiary/aromatic N) is 2. The van der Waals surface area contributed by atoms with Crippen LogP contribution in [0.2, 0.25) is 0 Å². The minimum absolute atomic E-state index is 0.0451. The molecule has 6 heteroatoms. The highest BCUT2D eigenvalue weighted by molar-refractivity contribution is 14.1. The number of carbonyl (C=O) groups is 1. The van der Waals surface area contributed by atoms with Crippen LogP contribution in [0, 0.1) is 28.7 Å². The number of anilines is 1. The maximum atomic E-state index is 12.6. The number of nitrogens with one attached hydrogen (secondary N) is 1. The zero-order chi connectivity index (χ0) is 21.0. The number of halogens is 1. The molecule has 0 saturated heterocycles. The van der Waals surface area contributed by atoms with Crippen molar-refractivity contribution < 1.29 is 9.53 Å². The zero-order valence-corrected chi connectivity index (χ0v) is 18.5. The predicted octanol–water partition coefficient (Wildman–Crippen LogP) is 5.25. The van der Waals surface area contributed by atoms with Crippen molar-refractivity contribution in [2.24, 2.45) is 0 Å². The number of carbonyl (C=O) groups excluding carboxylic acids is 1. The number of rotatable bonds is 5. The summed E-state index contributed by atoms with van der Waals surface area (Å²) in [6.07, 6.45) is 1.63. The van der Waals surface area contributed by atoms with Gasteiger partial charge in [0.05, 0.1) is 7.11 Å². The monoisotopic (exact) mass is 497 g/mol. The predicted molar refractivity (Wildman–Crippen MR) is 123 cm³/mol. The lowest BCUT2D eigenvalue weighted by atomic mass is 10.1. The van der Waals surface area contributed by atoms with Crippen molar-refractivity contribution in [1.82, 2.24) is 4.57 Å². The van der Waals surface area contributed by atoms with E-state index >= 15 is 0 Å². The summed E-state index contributed by atoms with van der Waals surface area (Å²) in [6, 6.07) is 19.2. The normalized spacial score (nSPS) is 11.1. The summed E-state index contributed by atoms with van der Waals surface area (Å²) in [4.78, 5) is 12.6. The molecular weight excluding hydrogens is 477 g/mol. The average molecular weight is 497 g/mol. The molecule has 0 aliphatic heterocycles. The van der Waals surface area contributed by atoms with E-state index in [-0.39, 0.29) is 5.57 Å². The lowest BCUT2D eigenvalue weighted by Crippen LogP contribution is -2.13. The van der Waals surface area contributed by atoms with Gasteiger partial charge in [0.15, 0.2) is 0 Å². The van der Waals surface area contributed by atoms with Crippen molar-refractivity contribution in [3.63, 3.8) is 0 Å². The lowest BCUT2D eigenvalue weighted by molar-refractivity contribution is -0.112. The van der Waals surface area contributed by atoms with Gasteiger partial charge in [-0.3, -0.25) is 4.79 Å². The second kappa shape index (κ2) is 8.97. The van der Waals surface area contributed by atoms with Crippen molar-refractivity contribution in [3.8, 4) is 17.5 Å². The van der Waals surface area contributed by atoms with E-state index in [0.717, 1.165) is 26.2 Å². The molecule has 0 aliphatic carbocycles. The summed E-state index contributed by atoms with van der Waals surface area (Å²) in [5.41, 5.74) is 4.52. The van der Waals surface area contributed by atoms with E-state index in [2.05, 4.69) is 44.6 Å². The number of hydrogen-bond donors (Lipinski definition) is 1. The Kier molecular flexibility index (Phi) is 6.39. The van der Waals surface area contributed by atoms with E-state index in [4.69, 9.17) is 4.74 Å². The Morgan fingerprint density at radius 2 is 1.79 bits per heavy atom. The van der Waals surface area contributed by atoms with Gasteiger partial charge in [-0.2, -0.15) is 5.26 Å². The van der Waals surface area contributed by atoms with Gasteiger partial charge in [-0.05, 0) is 103 Å². The summed E-state index contributed by atoms with van der Waals surface area (Å²) < 4.78 is 8.38. The number of hydrogen-bond acceptors (Lipinski definition) is 3. The quantitative estimate of drug-likeness (QED) is 0.298. The van der Waals surface area contributed by atoms with Gasteiger partial charge in [-0.15, -0.1) is 0 Å². The molecule has 1 aromatic heterocycles. The Bertz CT molecular complexity index is 1100. The first kappa shape index (κ1) is 20.7. The third kappa shape index (κ3) is 4.69. The van der Waals surface area contributed by atoms with E-state index in [1.807, 2.05) is 38.1 Å². The molecule has 0 aliphatic rings. The number of benzene rings is 2. The van der Waals surface area contributed by atoms with Crippen molar-refractivity contribution in [1.29, 1.82) is 5.26 Å². The van der Waals surface area contributed by atoms with E-state index in [0.29, 0.717) is 11.4 Å². The van der Waals surface area contributed by atoms with E-state index in [1.54, 1.807) is 37.5 Å². The van der Waals surface area contributed by atoms with Crippen LogP contribution in [0.5, 0.6) is 5.75 Å². The number of nitriles is 1. The Morgan fingerprint density at radius 1 is 1.14 bits per heavy atom. The van der Waals surface area contributed by atoms with Gasteiger partial charge in [0.25, 0.3) is 5.91 Å². The second-order valence-electron chi connectivity index (χ2n) is 6.49. The number of amides is 1. The SMILES string of the molecule is COc1ccc(NC(=O)/C(C#N)=C\c2cc(C)n(-c3ccc(I)cc3)c2C)cc1. The summed E-state index contributed by atoms with van der Waals surface area (Å²) in [7, 11) is 1.58. The molecule has 3 aromatic rings. The molecular formula is C23H20IN3O2. The maximum absolute atomic E-state index is 12.6. The van der Waals surface area contributed by atoms with Crippen LogP contribution in [0.15, 0.2) is 60.2 Å². The molecule has 0 fully saturated rings. The van der Waals surface area contributed by atoms with Crippen LogP contribution in [0.4, 0.5) is 5.69 Å². The van der Waals surface area contributed by atoms with Crippen LogP contribution in [-0.2, 0) is 4.79 Å². The van der Waals surface area contributed by atoms with Gasteiger partial charge in [0.2, 0.25) is 0 Å². The highest BCUT2D eigenvalue weighted by Crippen LogP contribution is 2.24. The molecule has 3 rings (SSSR count). The maximum Gasteiger partial charge on any atom is 0.266 e. The third-order valence-electron chi connectivity index (χ3n) is 4.57. The number of aromatic nitrogens is 1. The average Bonchev–Trinajstić information content (AvgIpc) is 3.00. The summed E-state index contributed by atoms with van der Waals surface area (Å²) in [5, 5.41) is 12.3. The second-order valence-corrected chi connectivity index (χ2v) is 7.74. The van der Waals surface area contributed by atoms with Crippen LogP contribution in [0.1, 0.15) is 17.0 Å². The largest absolute Gasteiger partial charge is 0.497 e.